The molecular weight excluding hydrogens is 225 g/mol. The van der Waals surface area contributed by atoms with E-state index in [0.717, 1.165) is 12.5 Å². The molecule has 15 heavy (non-hydrogen) atoms. The monoisotopic (exact) mass is 238 g/mol. The van der Waals surface area contributed by atoms with Gasteiger partial charge in [0.25, 0.3) is 0 Å². The molecule has 0 N–H and O–H groups in total. The molecular formula is C9H13F3N2S. The van der Waals surface area contributed by atoms with Gasteiger partial charge in [-0.15, -0.1) is 0 Å². The SMILES string of the molecule is CCC(CS)Cn1ccc(C(F)(F)F)n1. The van der Waals surface area contributed by atoms with Crippen LogP contribution in [0.25, 0.3) is 0 Å². The van der Waals surface area contributed by atoms with Crippen molar-refractivity contribution < 1.29 is 13.2 Å². The lowest BCUT2D eigenvalue weighted by Gasteiger charge is -2.11. The number of nitrogens with zero attached hydrogens (tertiary/aromatic N) is 2. The fourth-order valence-electron chi connectivity index (χ4n) is 1.20. The van der Waals surface area contributed by atoms with Gasteiger partial charge in [-0.3, -0.25) is 4.68 Å². The van der Waals surface area contributed by atoms with E-state index in [1.807, 2.05) is 6.92 Å². The Hall–Kier alpha value is -0.650. The molecule has 2 nitrogen and oxygen atoms in total. The lowest BCUT2D eigenvalue weighted by Crippen LogP contribution is -2.13. The molecule has 0 aromatic carbocycles. The largest absolute Gasteiger partial charge is 0.435 e. The zero-order valence-corrected chi connectivity index (χ0v) is 9.22. The van der Waals surface area contributed by atoms with Crippen LogP contribution in [0.2, 0.25) is 0 Å². The summed E-state index contributed by atoms with van der Waals surface area (Å²) in [5.74, 6) is 0.909. The highest BCUT2D eigenvalue weighted by Gasteiger charge is 2.33. The van der Waals surface area contributed by atoms with E-state index in [1.54, 1.807) is 0 Å². The number of aromatic nitrogens is 2. The van der Waals surface area contributed by atoms with Gasteiger partial charge in [-0.25, -0.2) is 0 Å². The van der Waals surface area contributed by atoms with Gasteiger partial charge in [0.05, 0.1) is 0 Å². The Labute approximate surface area is 91.9 Å². The Morgan fingerprint density at radius 1 is 1.53 bits per heavy atom. The second-order valence-corrected chi connectivity index (χ2v) is 3.74. The van der Waals surface area contributed by atoms with E-state index in [1.165, 1.54) is 10.9 Å². The predicted octanol–water partition coefficient (Wildman–Crippen LogP) is 2.86. The zero-order valence-electron chi connectivity index (χ0n) is 8.33. The van der Waals surface area contributed by atoms with Crippen molar-refractivity contribution in [2.45, 2.75) is 26.1 Å². The second-order valence-electron chi connectivity index (χ2n) is 3.38. The Morgan fingerprint density at radius 2 is 2.20 bits per heavy atom. The Bertz CT molecular complexity index is 305. The molecule has 0 aliphatic rings. The summed E-state index contributed by atoms with van der Waals surface area (Å²) >= 11 is 4.13. The molecule has 86 valence electrons. The van der Waals surface area contributed by atoms with Crippen LogP contribution in [0.4, 0.5) is 13.2 Å². The van der Waals surface area contributed by atoms with E-state index in [9.17, 15) is 13.2 Å². The van der Waals surface area contributed by atoms with Crippen LogP contribution in [0.1, 0.15) is 19.0 Å². The molecule has 1 aromatic heterocycles. The Morgan fingerprint density at radius 3 is 2.60 bits per heavy atom. The highest BCUT2D eigenvalue weighted by Crippen LogP contribution is 2.27. The van der Waals surface area contributed by atoms with Crippen molar-refractivity contribution in [3.05, 3.63) is 18.0 Å². The van der Waals surface area contributed by atoms with Crippen molar-refractivity contribution in [1.29, 1.82) is 0 Å². The topological polar surface area (TPSA) is 17.8 Å². The molecule has 0 fully saturated rings. The fourth-order valence-corrected chi connectivity index (χ4v) is 1.57. The summed E-state index contributed by atoms with van der Waals surface area (Å²) in [5, 5.41) is 3.47. The van der Waals surface area contributed by atoms with Gasteiger partial charge in [-0.2, -0.15) is 30.9 Å². The first-order chi connectivity index (χ1) is 6.97. The van der Waals surface area contributed by atoms with Crippen LogP contribution < -0.4 is 0 Å². The number of rotatable bonds is 4. The highest BCUT2D eigenvalue weighted by molar-refractivity contribution is 7.80. The van der Waals surface area contributed by atoms with Gasteiger partial charge < -0.3 is 0 Å². The number of alkyl halides is 3. The summed E-state index contributed by atoms with van der Waals surface area (Å²) in [5.41, 5.74) is -0.837. The molecule has 0 aliphatic carbocycles. The minimum atomic E-state index is -4.35. The maximum Gasteiger partial charge on any atom is 0.435 e. The lowest BCUT2D eigenvalue weighted by molar-refractivity contribution is -0.141. The van der Waals surface area contributed by atoms with Gasteiger partial charge in [-0.05, 0) is 17.7 Å². The average Bonchev–Trinajstić information content (AvgIpc) is 2.61. The molecule has 0 bridgehead atoms. The predicted molar refractivity (Wildman–Crippen MR) is 54.9 cm³/mol. The van der Waals surface area contributed by atoms with E-state index in [0.29, 0.717) is 12.3 Å². The minimum absolute atomic E-state index is 0.259. The molecule has 0 spiro atoms. The molecule has 1 unspecified atom stereocenters. The smallest absolute Gasteiger partial charge is 0.272 e. The van der Waals surface area contributed by atoms with Gasteiger partial charge in [0.2, 0.25) is 0 Å². The number of halogens is 3. The molecule has 0 aliphatic heterocycles. The number of hydrogen-bond acceptors (Lipinski definition) is 2. The van der Waals surface area contributed by atoms with Crippen LogP contribution in [-0.4, -0.2) is 15.5 Å². The summed E-state index contributed by atoms with van der Waals surface area (Å²) in [4.78, 5) is 0. The van der Waals surface area contributed by atoms with E-state index in [2.05, 4.69) is 17.7 Å². The summed E-state index contributed by atoms with van der Waals surface area (Å²) in [6, 6.07) is 0.991. The zero-order chi connectivity index (χ0) is 11.5. The summed E-state index contributed by atoms with van der Waals surface area (Å²) in [6.07, 6.45) is -2.12. The maximum atomic E-state index is 12.2. The van der Waals surface area contributed by atoms with Gasteiger partial charge in [0.1, 0.15) is 0 Å². The van der Waals surface area contributed by atoms with E-state index >= 15 is 0 Å². The molecule has 1 heterocycles. The first-order valence-electron chi connectivity index (χ1n) is 4.69. The third-order valence-corrected chi connectivity index (χ3v) is 2.73. The van der Waals surface area contributed by atoms with E-state index < -0.39 is 11.9 Å². The molecule has 1 atom stereocenters. The third kappa shape index (κ3) is 3.44. The number of hydrogen-bond donors (Lipinski definition) is 1. The molecule has 0 radical (unpaired) electrons. The second kappa shape index (κ2) is 4.92. The van der Waals surface area contributed by atoms with Crippen molar-refractivity contribution in [2.75, 3.05) is 5.75 Å². The van der Waals surface area contributed by atoms with Crippen molar-refractivity contribution in [2.24, 2.45) is 5.92 Å². The quantitative estimate of drug-likeness (QED) is 0.798. The minimum Gasteiger partial charge on any atom is -0.272 e. The fraction of sp³-hybridized carbons (Fsp3) is 0.667. The molecule has 0 saturated carbocycles. The highest BCUT2D eigenvalue weighted by atomic mass is 32.1. The first-order valence-corrected chi connectivity index (χ1v) is 5.32. The molecule has 6 heteroatoms. The van der Waals surface area contributed by atoms with Crippen molar-refractivity contribution in [1.82, 2.24) is 9.78 Å². The van der Waals surface area contributed by atoms with Crippen LogP contribution in [0.5, 0.6) is 0 Å². The van der Waals surface area contributed by atoms with E-state index in [-0.39, 0.29) is 5.92 Å². The van der Waals surface area contributed by atoms with E-state index in [4.69, 9.17) is 0 Å². The van der Waals surface area contributed by atoms with Gasteiger partial charge in [0, 0.05) is 12.7 Å². The summed E-state index contributed by atoms with van der Waals surface area (Å²) in [7, 11) is 0. The Kier molecular flexibility index (Phi) is 4.07. The normalized spacial score (nSPS) is 14.2. The lowest BCUT2D eigenvalue weighted by atomic mass is 10.1. The standard InChI is InChI=1S/C9H13F3N2S/c1-2-7(6-15)5-14-4-3-8(13-14)9(10,11)12/h3-4,7,15H,2,5-6H2,1H3. The molecule has 0 saturated heterocycles. The first kappa shape index (κ1) is 12.4. The maximum absolute atomic E-state index is 12.2. The molecule has 1 aromatic rings. The summed E-state index contributed by atoms with van der Waals surface area (Å²) in [6.45, 7) is 2.46. The van der Waals surface area contributed by atoms with Gasteiger partial charge >= 0.3 is 6.18 Å². The van der Waals surface area contributed by atoms with Crippen molar-refractivity contribution in [3.63, 3.8) is 0 Å². The van der Waals surface area contributed by atoms with Gasteiger partial charge in [-0.1, -0.05) is 13.3 Å². The average molecular weight is 238 g/mol. The van der Waals surface area contributed by atoms with Crippen LogP contribution >= 0.6 is 12.6 Å². The summed E-state index contributed by atoms with van der Waals surface area (Å²) < 4.78 is 38.0. The van der Waals surface area contributed by atoms with Crippen LogP contribution in [0, 0.1) is 5.92 Å². The third-order valence-electron chi connectivity index (χ3n) is 2.21. The van der Waals surface area contributed by atoms with Gasteiger partial charge in [0.15, 0.2) is 5.69 Å². The van der Waals surface area contributed by atoms with Crippen LogP contribution in [0.3, 0.4) is 0 Å². The van der Waals surface area contributed by atoms with Crippen LogP contribution in [0.15, 0.2) is 12.3 Å². The number of thiol groups is 1. The Balaban J connectivity index is 2.68. The van der Waals surface area contributed by atoms with Crippen LogP contribution in [-0.2, 0) is 12.7 Å². The molecule has 0 amide bonds. The van der Waals surface area contributed by atoms with Crippen molar-refractivity contribution in [3.8, 4) is 0 Å². The van der Waals surface area contributed by atoms with Crippen molar-refractivity contribution >= 4 is 12.6 Å². The molecule has 1 rings (SSSR count).